The van der Waals surface area contributed by atoms with Crippen molar-refractivity contribution in [2.24, 2.45) is 5.92 Å². The van der Waals surface area contributed by atoms with Gasteiger partial charge in [0.1, 0.15) is 12.4 Å². The molecule has 2 N–H and O–H groups in total. The van der Waals surface area contributed by atoms with E-state index in [0.29, 0.717) is 6.61 Å². The van der Waals surface area contributed by atoms with E-state index in [1.165, 1.54) is 12.8 Å². The molecule has 5 rings (SSSR count). The van der Waals surface area contributed by atoms with Gasteiger partial charge in [-0.25, -0.2) is 9.78 Å². The SMILES string of the molecule is O=C(O)C1(C(c2ccc(OCc3ccc4ccccc4n3)cc2)C2CCCCCC2)NO1. The van der Waals surface area contributed by atoms with Crippen LogP contribution in [-0.2, 0) is 16.2 Å². The quantitative estimate of drug-likeness (QED) is 0.394. The van der Waals surface area contributed by atoms with Crippen molar-refractivity contribution in [2.45, 2.75) is 56.8 Å². The van der Waals surface area contributed by atoms with Crippen LogP contribution in [0.2, 0.25) is 0 Å². The Morgan fingerprint density at radius 1 is 1.06 bits per heavy atom. The van der Waals surface area contributed by atoms with Crippen LogP contribution in [0.15, 0.2) is 60.7 Å². The molecule has 0 bridgehead atoms. The molecule has 6 nitrogen and oxygen atoms in total. The van der Waals surface area contributed by atoms with Gasteiger partial charge in [-0.05, 0) is 48.6 Å². The summed E-state index contributed by atoms with van der Waals surface area (Å²) in [5.41, 5.74) is 4.18. The smallest absolute Gasteiger partial charge is 0.356 e. The van der Waals surface area contributed by atoms with Crippen LogP contribution >= 0.6 is 0 Å². The zero-order valence-electron chi connectivity index (χ0n) is 18.0. The number of pyridine rings is 1. The normalized spacial score (nSPS) is 22.2. The van der Waals surface area contributed by atoms with Crippen molar-refractivity contribution in [3.8, 4) is 5.75 Å². The number of rotatable bonds is 7. The second kappa shape index (κ2) is 8.88. The van der Waals surface area contributed by atoms with Gasteiger partial charge in [-0.1, -0.05) is 62.1 Å². The molecule has 0 radical (unpaired) electrons. The van der Waals surface area contributed by atoms with Crippen molar-refractivity contribution in [1.29, 1.82) is 0 Å². The molecule has 2 unspecified atom stereocenters. The number of hydrogen-bond acceptors (Lipinski definition) is 5. The van der Waals surface area contributed by atoms with Gasteiger partial charge in [-0.2, -0.15) is 5.48 Å². The first-order valence-electron chi connectivity index (χ1n) is 11.4. The molecule has 2 fully saturated rings. The Kier molecular flexibility index (Phi) is 5.81. The third-order valence-corrected chi connectivity index (χ3v) is 6.73. The van der Waals surface area contributed by atoms with Crippen LogP contribution in [-0.4, -0.2) is 21.8 Å². The van der Waals surface area contributed by atoms with Crippen LogP contribution in [0.4, 0.5) is 0 Å². The first-order valence-corrected chi connectivity index (χ1v) is 11.4. The highest BCUT2D eigenvalue weighted by molar-refractivity contribution is 5.80. The topological polar surface area (TPSA) is 93.9 Å². The number of carbonyl (C=O) groups is 1. The summed E-state index contributed by atoms with van der Waals surface area (Å²) in [7, 11) is 0. The highest BCUT2D eigenvalue weighted by Gasteiger charge is 2.61. The number of nitrogens with one attached hydrogen (secondary N) is 1. The van der Waals surface area contributed by atoms with Crippen molar-refractivity contribution >= 4 is 16.9 Å². The molecule has 6 heteroatoms. The Hall–Kier alpha value is -2.96. The third-order valence-electron chi connectivity index (χ3n) is 6.73. The first-order chi connectivity index (χ1) is 15.7. The second-order valence-electron chi connectivity index (χ2n) is 8.83. The fourth-order valence-electron chi connectivity index (χ4n) is 5.00. The third kappa shape index (κ3) is 4.20. The van der Waals surface area contributed by atoms with Crippen molar-refractivity contribution in [2.75, 3.05) is 0 Å². The van der Waals surface area contributed by atoms with Gasteiger partial charge in [-0.15, -0.1) is 0 Å². The van der Waals surface area contributed by atoms with E-state index in [9.17, 15) is 9.90 Å². The highest BCUT2D eigenvalue weighted by Crippen LogP contribution is 2.47. The van der Waals surface area contributed by atoms with E-state index in [2.05, 4.69) is 16.5 Å². The molecule has 2 aromatic carbocycles. The van der Waals surface area contributed by atoms with Crippen LogP contribution in [0.5, 0.6) is 5.75 Å². The maximum atomic E-state index is 12.0. The lowest BCUT2D eigenvalue weighted by Crippen LogP contribution is -2.38. The van der Waals surface area contributed by atoms with Gasteiger partial charge in [0.15, 0.2) is 0 Å². The lowest BCUT2D eigenvalue weighted by molar-refractivity contribution is -0.145. The van der Waals surface area contributed by atoms with Gasteiger partial charge in [0.25, 0.3) is 5.72 Å². The number of fused-ring (bicyclic) bond motifs is 1. The molecular weight excluding hydrogens is 404 g/mol. The van der Waals surface area contributed by atoms with Crippen LogP contribution in [0.25, 0.3) is 10.9 Å². The van der Waals surface area contributed by atoms with Crippen LogP contribution in [0.3, 0.4) is 0 Å². The fourth-order valence-corrected chi connectivity index (χ4v) is 5.00. The summed E-state index contributed by atoms with van der Waals surface area (Å²) in [6, 6.07) is 19.8. The van der Waals surface area contributed by atoms with Crippen LogP contribution < -0.4 is 10.2 Å². The minimum Gasteiger partial charge on any atom is -0.487 e. The van der Waals surface area contributed by atoms with E-state index in [-0.39, 0.29) is 11.8 Å². The summed E-state index contributed by atoms with van der Waals surface area (Å²) in [6.45, 7) is 0.375. The largest absolute Gasteiger partial charge is 0.487 e. The molecule has 1 saturated heterocycles. The fraction of sp³-hybridized carbons (Fsp3) is 0.385. The zero-order valence-corrected chi connectivity index (χ0v) is 18.0. The van der Waals surface area contributed by atoms with Crippen molar-refractivity contribution in [3.63, 3.8) is 0 Å². The second-order valence-corrected chi connectivity index (χ2v) is 8.83. The molecular formula is C26H28N2O4. The lowest BCUT2D eigenvalue weighted by Gasteiger charge is -2.28. The van der Waals surface area contributed by atoms with E-state index < -0.39 is 11.7 Å². The van der Waals surface area contributed by atoms with E-state index in [1.807, 2.05) is 54.6 Å². The van der Waals surface area contributed by atoms with E-state index in [4.69, 9.17) is 9.57 Å². The predicted octanol–water partition coefficient (Wildman–Crippen LogP) is 5.18. The molecule has 2 aliphatic rings. The molecule has 0 amide bonds. The minimum absolute atomic E-state index is 0.227. The van der Waals surface area contributed by atoms with Crippen molar-refractivity contribution in [1.82, 2.24) is 10.5 Å². The highest BCUT2D eigenvalue weighted by atomic mass is 16.8. The maximum Gasteiger partial charge on any atom is 0.356 e. The number of ether oxygens (including phenoxy) is 1. The molecule has 1 aromatic heterocycles. The van der Waals surface area contributed by atoms with Crippen molar-refractivity contribution < 1.29 is 19.5 Å². The van der Waals surface area contributed by atoms with Crippen molar-refractivity contribution in [3.05, 3.63) is 71.9 Å². The number of benzene rings is 2. The number of carboxylic acid groups (broad SMARTS) is 1. The number of aliphatic carboxylic acids is 1. The number of nitrogens with zero attached hydrogens (tertiary/aromatic N) is 1. The Morgan fingerprint density at radius 3 is 2.47 bits per heavy atom. The zero-order chi connectivity index (χ0) is 22.0. The Labute approximate surface area is 187 Å². The van der Waals surface area contributed by atoms with Gasteiger partial charge in [0.05, 0.1) is 11.2 Å². The minimum atomic E-state index is -1.31. The maximum absolute atomic E-state index is 12.0. The molecule has 1 aliphatic heterocycles. The number of hydroxylamine groups is 1. The average molecular weight is 433 g/mol. The van der Waals surface area contributed by atoms with Gasteiger partial charge >= 0.3 is 5.97 Å². The summed E-state index contributed by atoms with van der Waals surface area (Å²) >= 11 is 0. The summed E-state index contributed by atoms with van der Waals surface area (Å²) in [6.07, 6.45) is 6.75. The molecule has 2 atom stereocenters. The van der Waals surface area contributed by atoms with E-state index in [1.54, 1.807) is 0 Å². The van der Waals surface area contributed by atoms with Gasteiger partial charge in [-0.3, -0.25) is 4.84 Å². The van der Waals surface area contributed by atoms with E-state index >= 15 is 0 Å². The van der Waals surface area contributed by atoms with E-state index in [0.717, 1.165) is 53.6 Å². The molecule has 2 heterocycles. The molecule has 0 spiro atoms. The van der Waals surface area contributed by atoms with Gasteiger partial charge in [0.2, 0.25) is 0 Å². The van der Waals surface area contributed by atoms with Gasteiger partial charge in [0, 0.05) is 11.3 Å². The molecule has 32 heavy (non-hydrogen) atoms. The summed E-state index contributed by atoms with van der Waals surface area (Å²) in [5, 5.41) is 11.0. The molecule has 3 aromatic rings. The monoisotopic (exact) mass is 432 g/mol. The first kappa shape index (κ1) is 20.9. The molecule has 1 saturated carbocycles. The summed E-state index contributed by atoms with van der Waals surface area (Å²) in [5.74, 6) is -0.168. The number of carboxylic acids is 1. The number of aromatic nitrogens is 1. The Morgan fingerprint density at radius 2 is 1.78 bits per heavy atom. The predicted molar refractivity (Wildman–Crippen MR) is 121 cm³/mol. The van der Waals surface area contributed by atoms with Gasteiger partial charge < -0.3 is 9.84 Å². The molecule has 1 aliphatic carbocycles. The molecule has 166 valence electrons. The number of para-hydroxylation sites is 1. The van der Waals surface area contributed by atoms with Crippen LogP contribution in [0.1, 0.15) is 55.7 Å². The van der Waals surface area contributed by atoms with Crippen LogP contribution in [0, 0.1) is 5.92 Å². The summed E-state index contributed by atoms with van der Waals surface area (Å²) in [4.78, 5) is 22.0. The standard InChI is InChI=1S/C26H28N2O4/c29-25(30)26(28-32-26)24(19-8-3-1-2-4-9-19)20-12-15-22(16-13-20)31-17-21-14-11-18-7-5-6-10-23(18)27-21/h5-7,10-16,19,24,28H,1-4,8-9,17H2,(H,29,30). The Bertz CT molecular complexity index is 1090. The lowest BCUT2D eigenvalue weighted by atomic mass is 9.76. The number of hydrogen-bond donors (Lipinski definition) is 2. The average Bonchev–Trinajstić information content (AvgIpc) is 3.65. The Balaban J connectivity index is 1.32. The summed E-state index contributed by atoms with van der Waals surface area (Å²) < 4.78 is 5.96.